The summed E-state index contributed by atoms with van der Waals surface area (Å²) >= 11 is 1.41. The Morgan fingerprint density at radius 3 is 2.82 bits per heavy atom. The Morgan fingerprint density at radius 2 is 2.03 bits per heavy atom. The van der Waals surface area contributed by atoms with E-state index in [-0.39, 0.29) is 24.7 Å². The Balaban J connectivity index is 1.44. The number of carbonyl (C=O) groups excluding carboxylic acids is 1. The first-order valence-corrected chi connectivity index (χ1v) is 10.8. The molecule has 0 atom stereocenters. The summed E-state index contributed by atoms with van der Waals surface area (Å²) in [6.07, 6.45) is 4.79. The first kappa shape index (κ1) is 20.6. The van der Waals surface area contributed by atoms with Crippen LogP contribution < -0.4 is 5.32 Å². The average Bonchev–Trinajstić information content (AvgIpc) is 3.57. The van der Waals surface area contributed by atoms with E-state index in [4.69, 9.17) is 4.52 Å². The molecule has 0 spiro atoms. The fourth-order valence-corrected chi connectivity index (χ4v) is 3.82. The first-order chi connectivity index (χ1) is 16.2. The number of carbonyl (C=O) groups is 1. The monoisotopic (exact) mass is 461 g/mol. The predicted molar refractivity (Wildman–Crippen MR) is 119 cm³/mol. The second-order valence-corrected chi connectivity index (χ2v) is 7.94. The smallest absolute Gasteiger partial charge is 0.232 e. The molecule has 1 amide bonds. The third-order valence-electron chi connectivity index (χ3n) is 4.71. The second-order valence-electron chi connectivity index (χ2n) is 6.96. The highest BCUT2D eigenvalue weighted by Gasteiger charge is 2.17. The van der Waals surface area contributed by atoms with Crippen LogP contribution >= 0.6 is 11.3 Å². The SMILES string of the molecule is O=C(Cc1nccs1)Nc1ccnc(-c2cc(-c3ccon3)n(Cc3ccccc3F)n2)n1. The van der Waals surface area contributed by atoms with Gasteiger partial charge in [-0.3, -0.25) is 9.48 Å². The molecule has 11 heteroatoms. The van der Waals surface area contributed by atoms with Crippen molar-refractivity contribution in [3.05, 3.63) is 82.9 Å². The molecule has 0 aliphatic heterocycles. The van der Waals surface area contributed by atoms with E-state index in [9.17, 15) is 9.18 Å². The molecule has 9 nitrogen and oxygen atoms in total. The van der Waals surface area contributed by atoms with E-state index >= 15 is 0 Å². The molecule has 0 radical (unpaired) electrons. The van der Waals surface area contributed by atoms with Gasteiger partial charge in [-0.15, -0.1) is 11.3 Å². The van der Waals surface area contributed by atoms with Gasteiger partial charge in [0.05, 0.1) is 18.7 Å². The molecule has 5 aromatic rings. The molecule has 0 aliphatic rings. The van der Waals surface area contributed by atoms with Crippen molar-refractivity contribution in [1.82, 2.24) is 29.9 Å². The average molecular weight is 461 g/mol. The van der Waals surface area contributed by atoms with Crippen LogP contribution in [0.5, 0.6) is 0 Å². The van der Waals surface area contributed by atoms with Gasteiger partial charge in [0.1, 0.15) is 34.3 Å². The Hall–Kier alpha value is -4.25. The number of anilines is 1. The Labute approximate surface area is 191 Å². The van der Waals surface area contributed by atoms with Crippen molar-refractivity contribution in [1.29, 1.82) is 0 Å². The van der Waals surface area contributed by atoms with Crippen molar-refractivity contribution in [3.8, 4) is 22.9 Å². The lowest BCUT2D eigenvalue weighted by molar-refractivity contribution is -0.115. The predicted octanol–water partition coefficient (Wildman–Crippen LogP) is 3.82. The summed E-state index contributed by atoms with van der Waals surface area (Å²) in [4.78, 5) is 25.1. The summed E-state index contributed by atoms with van der Waals surface area (Å²) in [6.45, 7) is 0.180. The molecule has 4 heterocycles. The minimum Gasteiger partial charge on any atom is -0.364 e. The van der Waals surface area contributed by atoms with E-state index in [1.54, 1.807) is 47.3 Å². The van der Waals surface area contributed by atoms with E-state index in [0.717, 1.165) is 0 Å². The van der Waals surface area contributed by atoms with Crippen LogP contribution in [0, 0.1) is 5.82 Å². The number of rotatable bonds is 7. The van der Waals surface area contributed by atoms with Crippen LogP contribution in [0.3, 0.4) is 0 Å². The van der Waals surface area contributed by atoms with Gasteiger partial charge in [-0.05, 0) is 18.2 Å². The Kier molecular flexibility index (Phi) is 5.68. The zero-order valence-corrected chi connectivity index (χ0v) is 17.9. The van der Waals surface area contributed by atoms with Crippen molar-refractivity contribution < 1.29 is 13.7 Å². The van der Waals surface area contributed by atoms with Crippen LogP contribution in [-0.4, -0.2) is 35.8 Å². The van der Waals surface area contributed by atoms with Crippen molar-refractivity contribution in [2.75, 3.05) is 5.32 Å². The topological polar surface area (TPSA) is 112 Å². The molecule has 33 heavy (non-hydrogen) atoms. The maximum atomic E-state index is 14.2. The lowest BCUT2D eigenvalue weighted by Crippen LogP contribution is -2.15. The van der Waals surface area contributed by atoms with Gasteiger partial charge in [0.25, 0.3) is 0 Å². The van der Waals surface area contributed by atoms with Gasteiger partial charge in [0.15, 0.2) is 5.82 Å². The summed E-state index contributed by atoms with van der Waals surface area (Å²) in [6, 6.07) is 11.5. The summed E-state index contributed by atoms with van der Waals surface area (Å²) in [5.41, 5.74) is 2.07. The molecule has 164 valence electrons. The fourth-order valence-electron chi connectivity index (χ4n) is 3.20. The van der Waals surface area contributed by atoms with Crippen LogP contribution in [0.4, 0.5) is 10.2 Å². The van der Waals surface area contributed by atoms with Crippen LogP contribution in [-0.2, 0) is 17.8 Å². The zero-order chi connectivity index (χ0) is 22.6. The van der Waals surface area contributed by atoms with Gasteiger partial charge in [0, 0.05) is 29.4 Å². The van der Waals surface area contributed by atoms with Crippen molar-refractivity contribution in [2.24, 2.45) is 0 Å². The quantitative estimate of drug-likeness (QED) is 0.392. The number of nitrogens with one attached hydrogen (secondary N) is 1. The highest BCUT2D eigenvalue weighted by molar-refractivity contribution is 7.09. The molecule has 0 bridgehead atoms. The number of hydrogen-bond acceptors (Lipinski definition) is 8. The molecule has 0 fully saturated rings. The fraction of sp³-hybridized carbons (Fsp3) is 0.0909. The Bertz CT molecular complexity index is 1380. The normalized spacial score (nSPS) is 10.9. The molecular weight excluding hydrogens is 445 g/mol. The minimum absolute atomic E-state index is 0.157. The number of nitrogens with zero attached hydrogens (tertiary/aromatic N) is 6. The third-order valence-corrected chi connectivity index (χ3v) is 5.49. The van der Waals surface area contributed by atoms with E-state index in [1.807, 2.05) is 5.38 Å². The Morgan fingerprint density at radius 1 is 1.12 bits per heavy atom. The van der Waals surface area contributed by atoms with Crippen molar-refractivity contribution in [3.63, 3.8) is 0 Å². The summed E-state index contributed by atoms with van der Waals surface area (Å²) in [7, 11) is 0. The second kappa shape index (κ2) is 9.09. The minimum atomic E-state index is -0.332. The molecule has 5 rings (SSSR count). The summed E-state index contributed by atoms with van der Waals surface area (Å²) < 4.78 is 20.8. The largest absolute Gasteiger partial charge is 0.364 e. The molecule has 4 aromatic heterocycles. The highest BCUT2D eigenvalue weighted by atomic mass is 32.1. The molecular formula is C22H16FN7O2S. The third kappa shape index (κ3) is 4.67. The molecule has 0 saturated heterocycles. The van der Waals surface area contributed by atoms with Crippen LogP contribution in [0.1, 0.15) is 10.6 Å². The highest BCUT2D eigenvalue weighted by Crippen LogP contribution is 2.25. The van der Waals surface area contributed by atoms with E-state index in [1.165, 1.54) is 29.9 Å². The van der Waals surface area contributed by atoms with E-state index in [0.29, 0.717) is 39.3 Å². The maximum absolute atomic E-state index is 14.2. The molecule has 1 aromatic carbocycles. The van der Waals surface area contributed by atoms with Gasteiger partial charge in [-0.25, -0.2) is 19.3 Å². The maximum Gasteiger partial charge on any atom is 0.232 e. The van der Waals surface area contributed by atoms with Crippen LogP contribution in [0.25, 0.3) is 22.9 Å². The standard InChI is InChI=1S/C22H16FN7O2S/c23-15-4-2-1-3-14(15)13-30-18(16-6-9-32-29-16)11-17(28-30)22-25-7-5-19(27-22)26-20(31)12-21-24-8-10-33-21/h1-11H,12-13H2,(H,25,26,27,31). The zero-order valence-electron chi connectivity index (χ0n) is 17.1. The van der Waals surface area contributed by atoms with Gasteiger partial charge in [-0.1, -0.05) is 23.4 Å². The van der Waals surface area contributed by atoms with Crippen LogP contribution in [0.15, 0.2) is 71.0 Å². The van der Waals surface area contributed by atoms with Gasteiger partial charge in [-0.2, -0.15) is 5.10 Å². The lowest BCUT2D eigenvalue weighted by Gasteiger charge is -2.06. The van der Waals surface area contributed by atoms with E-state index < -0.39 is 0 Å². The van der Waals surface area contributed by atoms with Crippen LogP contribution in [0.2, 0.25) is 0 Å². The number of benzene rings is 1. The van der Waals surface area contributed by atoms with Gasteiger partial charge < -0.3 is 9.84 Å². The molecule has 1 N–H and O–H groups in total. The van der Waals surface area contributed by atoms with E-state index in [2.05, 4.69) is 30.5 Å². The number of halogens is 1. The number of aromatic nitrogens is 6. The number of thiazole rings is 1. The number of amides is 1. The molecule has 0 aliphatic carbocycles. The lowest BCUT2D eigenvalue weighted by atomic mass is 10.2. The summed E-state index contributed by atoms with van der Waals surface area (Å²) in [5.74, 6) is 0.0806. The molecule has 0 saturated carbocycles. The van der Waals surface area contributed by atoms with Gasteiger partial charge in [0.2, 0.25) is 5.91 Å². The summed E-state index contributed by atoms with van der Waals surface area (Å²) in [5, 5.41) is 13.8. The van der Waals surface area contributed by atoms with Gasteiger partial charge >= 0.3 is 0 Å². The number of hydrogen-bond donors (Lipinski definition) is 1. The van der Waals surface area contributed by atoms with Crippen molar-refractivity contribution in [2.45, 2.75) is 13.0 Å². The first-order valence-electron chi connectivity index (χ1n) is 9.89. The van der Waals surface area contributed by atoms with Crippen molar-refractivity contribution >= 4 is 23.1 Å². The molecule has 0 unspecified atom stereocenters.